The minimum absolute atomic E-state index is 0.266. The van der Waals surface area contributed by atoms with Gasteiger partial charge in [0, 0.05) is 0 Å². The number of benzene rings is 1. The van der Waals surface area contributed by atoms with Gasteiger partial charge in [-0.2, -0.15) is 0 Å². The maximum atomic E-state index is 13.2. The van der Waals surface area contributed by atoms with Crippen LogP contribution in [0.2, 0.25) is 0 Å². The first-order chi connectivity index (χ1) is 7.11. The molecule has 1 aromatic carbocycles. The Morgan fingerprint density at radius 2 is 2.20 bits per heavy atom. The van der Waals surface area contributed by atoms with E-state index in [9.17, 15) is 4.39 Å². The summed E-state index contributed by atoms with van der Waals surface area (Å²) in [5.74, 6) is 0.522. The first-order valence-corrected chi connectivity index (χ1v) is 5.63. The number of hydrogen-bond donors (Lipinski definition) is 1. The van der Waals surface area contributed by atoms with Gasteiger partial charge in [0.2, 0.25) is 0 Å². The van der Waals surface area contributed by atoms with Crippen molar-refractivity contribution in [2.45, 2.75) is 19.3 Å². The molecule has 2 N–H and O–H groups in total. The Morgan fingerprint density at radius 3 is 2.73 bits per heavy atom. The molecule has 0 heterocycles. The lowest BCUT2D eigenvalue weighted by atomic mass is 9.97. The van der Waals surface area contributed by atoms with E-state index >= 15 is 0 Å². The van der Waals surface area contributed by atoms with E-state index < -0.39 is 0 Å². The van der Waals surface area contributed by atoms with Gasteiger partial charge in [0.05, 0.1) is 11.6 Å². The third-order valence-corrected chi connectivity index (χ3v) is 3.15. The van der Waals surface area contributed by atoms with Gasteiger partial charge in [0.25, 0.3) is 0 Å². The Hall–Kier alpha value is -0.610. The molecule has 0 aliphatic rings. The molecule has 0 spiro atoms. The maximum absolute atomic E-state index is 13.2. The largest absolute Gasteiger partial charge is 0.495 e. The van der Waals surface area contributed by atoms with E-state index in [-0.39, 0.29) is 11.7 Å². The van der Waals surface area contributed by atoms with E-state index in [0.29, 0.717) is 16.8 Å². The van der Waals surface area contributed by atoms with Crippen LogP contribution in [0.1, 0.15) is 24.8 Å². The van der Waals surface area contributed by atoms with Crippen molar-refractivity contribution in [1.29, 1.82) is 0 Å². The zero-order valence-electron chi connectivity index (χ0n) is 8.89. The van der Waals surface area contributed by atoms with Gasteiger partial charge in [-0.15, -0.1) is 0 Å². The summed E-state index contributed by atoms with van der Waals surface area (Å²) < 4.78 is 18.8. The van der Waals surface area contributed by atoms with Crippen LogP contribution in [0, 0.1) is 5.82 Å². The lowest BCUT2D eigenvalue weighted by molar-refractivity contribution is 0.398. The van der Waals surface area contributed by atoms with Crippen LogP contribution in [-0.4, -0.2) is 13.7 Å². The van der Waals surface area contributed by atoms with Gasteiger partial charge in [0.15, 0.2) is 0 Å². The van der Waals surface area contributed by atoms with Crippen LogP contribution in [0.4, 0.5) is 4.39 Å². The van der Waals surface area contributed by atoms with E-state index in [0.717, 1.165) is 12.0 Å². The van der Waals surface area contributed by atoms with Gasteiger partial charge < -0.3 is 10.5 Å². The predicted octanol–water partition coefficient (Wildman–Crippen LogP) is 3.05. The van der Waals surface area contributed by atoms with Crippen molar-refractivity contribution in [3.63, 3.8) is 0 Å². The Kier molecular flexibility index (Phi) is 4.54. The lowest BCUT2D eigenvalue weighted by Gasteiger charge is -2.16. The molecular weight excluding hydrogens is 261 g/mol. The summed E-state index contributed by atoms with van der Waals surface area (Å²) in [6, 6.07) is 3.19. The standard InChI is InChI=1S/C11H15BrFNO/c1-7(5-6-14)8-3-4-9(13)10(12)11(8)15-2/h3-4,7H,5-6,14H2,1-2H3. The normalized spacial score (nSPS) is 12.6. The summed E-state index contributed by atoms with van der Waals surface area (Å²) in [6.45, 7) is 2.66. The van der Waals surface area contributed by atoms with Crippen LogP contribution in [-0.2, 0) is 0 Å². The molecule has 15 heavy (non-hydrogen) atoms. The summed E-state index contributed by atoms with van der Waals surface area (Å²) in [5.41, 5.74) is 6.48. The highest BCUT2D eigenvalue weighted by Gasteiger charge is 2.16. The molecule has 0 saturated carbocycles. The van der Waals surface area contributed by atoms with Crippen LogP contribution in [0.25, 0.3) is 0 Å². The molecule has 84 valence electrons. The highest BCUT2D eigenvalue weighted by Crippen LogP contribution is 2.36. The molecule has 0 saturated heterocycles. The summed E-state index contributed by atoms with van der Waals surface area (Å²) in [5, 5.41) is 0. The zero-order valence-corrected chi connectivity index (χ0v) is 10.5. The van der Waals surface area contributed by atoms with Gasteiger partial charge in [-0.25, -0.2) is 4.39 Å². The molecule has 1 rings (SSSR count). The zero-order chi connectivity index (χ0) is 11.4. The Morgan fingerprint density at radius 1 is 1.53 bits per heavy atom. The Bertz CT molecular complexity index is 344. The number of methoxy groups -OCH3 is 1. The molecule has 4 heteroatoms. The number of hydrogen-bond acceptors (Lipinski definition) is 2. The Balaban J connectivity index is 3.12. The number of ether oxygens (including phenoxy) is 1. The molecule has 1 atom stereocenters. The summed E-state index contributed by atoms with van der Waals surface area (Å²) in [7, 11) is 1.54. The van der Waals surface area contributed by atoms with Crippen LogP contribution in [0.15, 0.2) is 16.6 Å². The van der Waals surface area contributed by atoms with Crippen LogP contribution in [0.3, 0.4) is 0 Å². The SMILES string of the molecule is COc1c(C(C)CCN)ccc(F)c1Br. The average Bonchev–Trinajstić information content (AvgIpc) is 2.22. The fourth-order valence-corrected chi connectivity index (χ4v) is 2.07. The third-order valence-electron chi connectivity index (χ3n) is 2.42. The Labute approximate surface area is 97.7 Å². The second kappa shape index (κ2) is 5.47. The highest BCUT2D eigenvalue weighted by molar-refractivity contribution is 9.10. The van der Waals surface area contributed by atoms with Gasteiger partial charge in [-0.05, 0) is 46.4 Å². The summed E-state index contributed by atoms with van der Waals surface area (Å²) >= 11 is 3.18. The summed E-state index contributed by atoms with van der Waals surface area (Å²) in [6.07, 6.45) is 0.856. The molecule has 2 nitrogen and oxygen atoms in total. The van der Waals surface area contributed by atoms with Crippen molar-refractivity contribution >= 4 is 15.9 Å². The first-order valence-electron chi connectivity index (χ1n) is 4.83. The first kappa shape index (κ1) is 12.5. The van der Waals surface area contributed by atoms with E-state index in [1.165, 1.54) is 13.2 Å². The van der Waals surface area contributed by atoms with Crippen molar-refractivity contribution in [2.75, 3.05) is 13.7 Å². The van der Waals surface area contributed by atoms with Crippen molar-refractivity contribution in [1.82, 2.24) is 0 Å². The van der Waals surface area contributed by atoms with E-state index in [4.69, 9.17) is 10.5 Å². The van der Waals surface area contributed by atoms with Crippen LogP contribution < -0.4 is 10.5 Å². The number of halogens is 2. The molecule has 0 fully saturated rings. The fraction of sp³-hybridized carbons (Fsp3) is 0.455. The topological polar surface area (TPSA) is 35.2 Å². The molecular formula is C11H15BrFNO. The number of rotatable bonds is 4. The number of nitrogens with two attached hydrogens (primary N) is 1. The lowest BCUT2D eigenvalue weighted by Crippen LogP contribution is -2.06. The molecule has 0 amide bonds. The van der Waals surface area contributed by atoms with E-state index in [2.05, 4.69) is 22.9 Å². The molecule has 1 aromatic rings. The second-order valence-corrected chi connectivity index (χ2v) is 4.26. The molecule has 0 aliphatic carbocycles. The maximum Gasteiger partial charge on any atom is 0.141 e. The molecule has 0 aliphatic heterocycles. The fourth-order valence-electron chi connectivity index (χ4n) is 1.55. The van der Waals surface area contributed by atoms with Gasteiger partial charge in [-0.3, -0.25) is 0 Å². The van der Waals surface area contributed by atoms with E-state index in [1.54, 1.807) is 6.07 Å². The molecule has 0 bridgehead atoms. The van der Waals surface area contributed by atoms with Crippen molar-refractivity contribution in [2.24, 2.45) is 5.73 Å². The van der Waals surface area contributed by atoms with Crippen molar-refractivity contribution in [3.05, 3.63) is 28.0 Å². The van der Waals surface area contributed by atoms with Crippen molar-refractivity contribution < 1.29 is 9.13 Å². The molecule has 0 aromatic heterocycles. The molecule has 1 unspecified atom stereocenters. The average molecular weight is 276 g/mol. The van der Waals surface area contributed by atoms with Gasteiger partial charge in [-0.1, -0.05) is 13.0 Å². The highest BCUT2D eigenvalue weighted by atomic mass is 79.9. The van der Waals surface area contributed by atoms with Crippen LogP contribution >= 0.6 is 15.9 Å². The van der Waals surface area contributed by atoms with Crippen molar-refractivity contribution in [3.8, 4) is 5.75 Å². The monoisotopic (exact) mass is 275 g/mol. The minimum Gasteiger partial charge on any atom is -0.495 e. The van der Waals surface area contributed by atoms with Crippen LogP contribution in [0.5, 0.6) is 5.75 Å². The summed E-state index contributed by atoms with van der Waals surface area (Å²) in [4.78, 5) is 0. The van der Waals surface area contributed by atoms with E-state index in [1.807, 2.05) is 0 Å². The second-order valence-electron chi connectivity index (χ2n) is 3.46. The molecule has 0 radical (unpaired) electrons. The predicted molar refractivity (Wildman–Crippen MR) is 62.7 cm³/mol. The minimum atomic E-state index is -0.310. The van der Waals surface area contributed by atoms with Gasteiger partial charge >= 0.3 is 0 Å². The third kappa shape index (κ3) is 2.69. The van der Waals surface area contributed by atoms with Gasteiger partial charge in [0.1, 0.15) is 11.6 Å². The quantitative estimate of drug-likeness (QED) is 0.917. The smallest absolute Gasteiger partial charge is 0.141 e.